The normalized spacial score (nSPS) is 10.0. The van der Waals surface area contributed by atoms with Gasteiger partial charge in [0.2, 0.25) is 0 Å². The van der Waals surface area contributed by atoms with Crippen LogP contribution in [0.2, 0.25) is 0 Å². The van der Waals surface area contributed by atoms with Crippen LogP contribution in [0.15, 0.2) is 46.9 Å². The van der Waals surface area contributed by atoms with Gasteiger partial charge in [0.1, 0.15) is 0 Å². The van der Waals surface area contributed by atoms with Crippen LogP contribution >= 0.6 is 28.1 Å². The lowest BCUT2D eigenvalue weighted by molar-refractivity contribution is 0.101. The molecule has 0 saturated carbocycles. The molecule has 3 nitrogen and oxygen atoms in total. The molecule has 0 aliphatic carbocycles. The molecule has 108 valence electrons. The largest absolute Gasteiger partial charge is 0.332 e. The zero-order valence-electron chi connectivity index (χ0n) is 11.7. The third-order valence-electron chi connectivity index (χ3n) is 2.97. The number of hydrogen-bond donors (Lipinski definition) is 2. The number of aryl methyl sites for hydroxylation is 1. The first-order chi connectivity index (χ1) is 9.95. The third-order valence-corrected chi connectivity index (χ3v) is 4.06. The first kappa shape index (κ1) is 15.7. The van der Waals surface area contributed by atoms with Gasteiger partial charge in [-0.25, -0.2) is 0 Å². The molecule has 0 atom stereocenters. The van der Waals surface area contributed by atoms with Crippen molar-refractivity contribution in [2.45, 2.75) is 13.8 Å². The topological polar surface area (TPSA) is 41.1 Å². The molecular formula is C16H15BrN2OS. The van der Waals surface area contributed by atoms with Crippen LogP contribution in [0.5, 0.6) is 0 Å². The Labute approximate surface area is 137 Å². The predicted octanol–water partition coefficient (Wildman–Crippen LogP) is 4.77. The number of rotatable bonds is 3. The van der Waals surface area contributed by atoms with Gasteiger partial charge in [0.25, 0.3) is 0 Å². The van der Waals surface area contributed by atoms with E-state index in [-0.39, 0.29) is 5.78 Å². The van der Waals surface area contributed by atoms with Crippen LogP contribution in [-0.4, -0.2) is 10.9 Å². The molecule has 0 saturated heterocycles. The molecule has 0 aromatic heterocycles. The molecule has 21 heavy (non-hydrogen) atoms. The number of Topliss-reactive ketones (excluding diaryl/α,β-unsaturated/α-hetero) is 1. The number of carbonyl (C=O) groups excluding carboxylic acids is 1. The van der Waals surface area contributed by atoms with E-state index in [1.54, 1.807) is 19.1 Å². The summed E-state index contributed by atoms with van der Waals surface area (Å²) in [6.45, 7) is 3.57. The fraction of sp³-hybridized carbons (Fsp3) is 0.125. The van der Waals surface area contributed by atoms with E-state index in [1.807, 2.05) is 37.3 Å². The van der Waals surface area contributed by atoms with E-state index in [9.17, 15) is 4.79 Å². The van der Waals surface area contributed by atoms with Crippen molar-refractivity contribution in [3.05, 3.63) is 58.1 Å². The van der Waals surface area contributed by atoms with Gasteiger partial charge in [-0.1, -0.05) is 15.9 Å². The summed E-state index contributed by atoms with van der Waals surface area (Å²) in [5.41, 5.74) is 3.58. The van der Waals surface area contributed by atoms with Crippen molar-refractivity contribution < 1.29 is 4.79 Å². The zero-order chi connectivity index (χ0) is 15.4. The molecule has 2 rings (SSSR count). The molecule has 0 fully saturated rings. The van der Waals surface area contributed by atoms with Gasteiger partial charge in [0, 0.05) is 21.4 Å². The van der Waals surface area contributed by atoms with Crippen LogP contribution in [0.3, 0.4) is 0 Å². The monoisotopic (exact) mass is 362 g/mol. The number of anilines is 2. The lowest BCUT2D eigenvalue weighted by Crippen LogP contribution is -2.19. The fourth-order valence-corrected chi connectivity index (χ4v) is 2.29. The fourth-order valence-electron chi connectivity index (χ4n) is 1.80. The van der Waals surface area contributed by atoms with E-state index >= 15 is 0 Å². The van der Waals surface area contributed by atoms with Crippen LogP contribution in [0.25, 0.3) is 0 Å². The quantitative estimate of drug-likeness (QED) is 0.609. The number of hydrogen-bond acceptors (Lipinski definition) is 2. The highest BCUT2D eigenvalue weighted by Crippen LogP contribution is 2.20. The Kier molecular flexibility index (Phi) is 5.09. The first-order valence-electron chi connectivity index (χ1n) is 6.41. The minimum absolute atomic E-state index is 0.0487. The average Bonchev–Trinajstić information content (AvgIpc) is 2.43. The second-order valence-electron chi connectivity index (χ2n) is 4.68. The first-order valence-corrected chi connectivity index (χ1v) is 7.61. The SMILES string of the molecule is CC(=O)c1ccc(NC(=S)Nc2ccc(Br)c(C)c2)cc1. The Morgan fingerprint density at radius 1 is 1.05 bits per heavy atom. The molecule has 0 unspecified atom stereocenters. The summed E-state index contributed by atoms with van der Waals surface area (Å²) in [7, 11) is 0. The predicted molar refractivity (Wildman–Crippen MR) is 95.2 cm³/mol. The molecule has 0 heterocycles. The van der Waals surface area contributed by atoms with E-state index in [0.717, 1.165) is 21.4 Å². The number of thiocarbonyl (C=S) groups is 1. The molecule has 2 aromatic rings. The molecule has 0 radical (unpaired) electrons. The molecule has 5 heteroatoms. The maximum atomic E-state index is 11.2. The van der Waals surface area contributed by atoms with E-state index in [0.29, 0.717) is 10.7 Å². The van der Waals surface area contributed by atoms with Crippen LogP contribution in [0, 0.1) is 6.92 Å². The maximum absolute atomic E-state index is 11.2. The highest BCUT2D eigenvalue weighted by atomic mass is 79.9. The molecule has 0 bridgehead atoms. The zero-order valence-corrected chi connectivity index (χ0v) is 14.1. The van der Waals surface area contributed by atoms with Crippen molar-refractivity contribution in [1.82, 2.24) is 0 Å². The van der Waals surface area contributed by atoms with Crippen molar-refractivity contribution >= 4 is 50.4 Å². The van der Waals surface area contributed by atoms with Gasteiger partial charge in [-0.2, -0.15) is 0 Å². The van der Waals surface area contributed by atoms with E-state index in [2.05, 4.69) is 26.6 Å². The summed E-state index contributed by atoms with van der Waals surface area (Å²) in [5.74, 6) is 0.0487. The third kappa shape index (κ3) is 4.37. The molecule has 0 aliphatic rings. The second-order valence-corrected chi connectivity index (χ2v) is 5.94. The lowest BCUT2D eigenvalue weighted by Gasteiger charge is -2.11. The Morgan fingerprint density at radius 3 is 2.19 bits per heavy atom. The molecule has 0 spiro atoms. The number of benzene rings is 2. The Balaban J connectivity index is 2.01. The standard InChI is InChI=1S/C16H15BrN2OS/c1-10-9-14(7-8-15(10)17)19-16(21)18-13-5-3-12(4-6-13)11(2)20/h3-9H,1-2H3,(H2,18,19,21). The number of carbonyl (C=O) groups is 1. The summed E-state index contributed by atoms with van der Waals surface area (Å²) in [4.78, 5) is 11.2. The van der Waals surface area contributed by atoms with Crippen molar-refractivity contribution in [1.29, 1.82) is 0 Å². The van der Waals surface area contributed by atoms with Crippen molar-refractivity contribution in [3.63, 3.8) is 0 Å². The highest BCUT2D eigenvalue weighted by molar-refractivity contribution is 9.10. The van der Waals surface area contributed by atoms with E-state index in [1.165, 1.54) is 0 Å². The smallest absolute Gasteiger partial charge is 0.175 e. The van der Waals surface area contributed by atoms with Crippen LogP contribution in [-0.2, 0) is 0 Å². The minimum Gasteiger partial charge on any atom is -0.332 e. The lowest BCUT2D eigenvalue weighted by atomic mass is 10.1. The number of nitrogens with one attached hydrogen (secondary N) is 2. The summed E-state index contributed by atoms with van der Waals surface area (Å²) >= 11 is 8.74. The highest BCUT2D eigenvalue weighted by Gasteiger charge is 2.02. The van der Waals surface area contributed by atoms with E-state index in [4.69, 9.17) is 12.2 Å². The molecule has 0 aliphatic heterocycles. The summed E-state index contributed by atoms with van der Waals surface area (Å²) in [5, 5.41) is 6.72. The summed E-state index contributed by atoms with van der Waals surface area (Å²) in [6.07, 6.45) is 0. The summed E-state index contributed by atoms with van der Waals surface area (Å²) < 4.78 is 1.06. The van der Waals surface area contributed by atoms with Gasteiger partial charge in [0.15, 0.2) is 10.9 Å². The Bertz CT molecular complexity index is 683. The number of ketones is 1. The van der Waals surface area contributed by atoms with Crippen molar-refractivity contribution in [2.75, 3.05) is 10.6 Å². The Hall–Kier alpha value is -1.72. The van der Waals surface area contributed by atoms with Gasteiger partial charge in [-0.3, -0.25) is 4.79 Å². The van der Waals surface area contributed by atoms with Gasteiger partial charge in [-0.05, 0) is 74.1 Å². The maximum Gasteiger partial charge on any atom is 0.175 e. The van der Waals surface area contributed by atoms with Gasteiger partial charge < -0.3 is 10.6 Å². The van der Waals surface area contributed by atoms with Gasteiger partial charge >= 0.3 is 0 Å². The molecule has 2 aromatic carbocycles. The molecular weight excluding hydrogens is 348 g/mol. The van der Waals surface area contributed by atoms with Crippen LogP contribution < -0.4 is 10.6 Å². The van der Waals surface area contributed by atoms with Gasteiger partial charge in [-0.15, -0.1) is 0 Å². The Morgan fingerprint density at radius 2 is 1.62 bits per heavy atom. The second kappa shape index (κ2) is 6.83. The number of halogens is 1. The molecule has 2 N–H and O–H groups in total. The van der Waals surface area contributed by atoms with Crippen LogP contribution in [0.4, 0.5) is 11.4 Å². The molecule has 0 amide bonds. The van der Waals surface area contributed by atoms with Crippen LogP contribution in [0.1, 0.15) is 22.8 Å². The minimum atomic E-state index is 0.0487. The summed E-state index contributed by atoms with van der Waals surface area (Å²) in [6, 6.07) is 13.1. The average molecular weight is 363 g/mol. The van der Waals surface area contributed by atoms with E-state index < -0.39 is 0 Å². The van der Waals surface area contributed by atoms with Gasteiger partial charge in [0.05, 0.1) is 0 Å². The van der Waals surface area contributed by atoms with Crippen molar-refractivity contribution in [3.8, 4) is 0 Å². The van der Waals surface area contributed by atoms with Crippen molar-refractivity contribution in [2.24, 2.45) is 0 Å².